The van der Waals surface area contributed by atoms with Gasteiger partial charge in [-0.25, -0.2) is 0 Å². The van der Waals surface area contributed by atoms with Gasteiger partial charge in [0.1, 0.15) is 5.01 Å². The maximum Gasteiger partial charge on any atom is 0.312 e. The topological polar surface area (TPSA) is 81.2 Å². The van der Waals surface area contributed by atoms with Gasteiger partial charge in [0.05, 0.1) is 24.1 Å². The summed E-state index contributed by atoms with van der Waals surface area (Å²) in [6.07, 6.45) is 0.0239. The zero-order valence-electron chi connectivity index (χ0n) is 10.4. The molecule has 0 unspecified atom stereocenters. The molecule has 0 saturated heterocycles. The fraction of sp³-hybridized carbons (Fsp3) is 0.167. The molecule has 20 heavy (non-hydrogen) atoms. The van der Waals surface area contributed by atoms with E-state index in [1.54, 1.807) is 24.3 Å². The molecule has 0 spiro atoms. The van der Waals surface area contributed by atoms with Crippen molar-refractivity contribution in [1.29, 1.82) is 0 Å². The minimum Gasteiger partial charge on any atom is -0.469 e. The monoisotopic (exact) mass is 311 g/mol. The Balaban J connectivity index is 2.05. The Bertz CT molecular complexity index is 644. The number of ether oxygens (including phenoxy) is 1. The fourth-order valence-corrected chi connectivity index (χ4v) is 2.32. The van der Waals surface area contributed by atoms with Crippen LogP contribution in [0.3, 0.4) is 0 Å². The smallest absolute Gasteiger partial charge is 0.312 e. The highest BCUT2D eigenvalue weighted by atomic mass is 35.5. The molecular weight excluding hydrogens is 302 g/mol. The van der Waals surface area contributed by atoms with Crippen LogP contribution in [0.2, 0.25) is 5.02 Å². The lowest BCUT2D eigenvalue weighted by Gasteiger charge is -2.02. The number of nitrogens with zero attached hydrogens (tertiary/aromatic N) is 2. The third-order valence-corrected chi connectivity index (χ3v) is 3.50. The average molecular weight is 312 g/mol. The first-order valence-corrected chi connectivity index (χ1v) is 6.74. The normalized spacial score (nSPS) is 10.1. The summed E-state index contributed by atoms with van der Waals surface area (Å²) >= 11 is 7.03. The summed E-state index contributed by atoms with van der Waals surface area (Å²) in [7, 11) is 1.30. The second-order valence-corrected chi connectivity index (χ2v) is 5.16. The zero-order chi connectivity index (χ0) is 14.5. The number of rotatable bonds is 4. The van der Waals surface area contributed by atoms with Crippen LogP contribution < -0.4 is 5.32 Å². The third-order valence-electron chi connectivity index (χ3n) is 2.33. The highest BCUT2D eigenvalue weighted by Gasteiger charge is 2.14. The molecule has 0 aliphatic rings. The first kappa shape index (κ1) is 14.4. The number of amides is 1. The zero-order valence-corrected chi connectivity index (χ0v) is 12.0. The van der Waals surface area contributed by atoms with E-state index in [1.165, 1.54) is 7.11 Å². The molecule has 2 aromatic rings. The first-order valence-electron chi connectivity index (χ1n) is 5.55. The molecule has 8 heteroatoms. The number of hydrogen-bond acceptors (Lipinski definition) is 6. The van der Waals surface area contributed by atoms with E-state index in [2.05, 4.69) is 20.3 Å². The number of nitrogens with one attached hydrogen (secondary N) is 1. The second-order valence-electron chi connectivity index (χ2n) is 3.69. The predicted molar refractivity (Wildman–Crippen MR) is 75.0 cm³/mol. The van der Waals surface area contributed by atoms with Crippen molar-refractivity contribution in [1.82, 2.24) is 10.2 Å². The molecule has 0 atom stereocenters. The van der Waals surface area contributed by atoms with Crippen molar-refractivity contribution in [3.05, 3.63) is 39.9 Å². The summed E-state index contributed by atoms with van der Waals surface area (Å²) in [5.74, 6) is -0.790. The van der Waals surface area contributed by atoms with Gasteiger partial charge >= 0.3 is 5.97 Å². The molecule has 0 aliphatic heterocycles. The molecule has 6 nitrogen and oxygen atoms in total. The van der Waals surface area contributed by atoms with Crippen LogP contribution in [-0.4, -0.2) is 29.2 Å². The summed E-state index contributed by atoms with van der Waals surface area (Å²) in [4.78, 5) is 23.1. The minimum absolute atomic E-state index is 0.0239. The maximum atomic E-state index is 12.0. The Kier molecular flexibility index (Phi) is 4.65. The molecule has 0 bridgehead atoms. The summed E-state index contributed by atoms with van der Waals surface area (Å²) in [6.45, 7) is 0. The Morgan fingerprint density at radius 1 is 1.35 bits per heavy atom. The summed E-state index contributed by atoms with van der Waals surface area (Å²) in [6, 6.07) is 6.68. The largest absolute Gasteiger partial charge is 0.469 e. The quantitative estimate of drug-likeness (QED) is 0.875. The van der Waals surface area contributed by atoms with Crippen LogP contribution in [0.25, 0.3) is 0 Å². The second kappa shape index (κ2) is 6.44. The highest BCUT2D eigenvalue weighted by Crippen LogP contribution is 2.20. The molecule has 0 radical (unpaired) electrons. The van der Waals surface area contributed by atoms with Gasteiger partial charge in [-0.15, -0.1) is 10.2 Å². The molecule has 0 fully saturated rings. The number of benzene rings is 1. The molecule has 104 valence electrons. The van der Waals surface area contributed by atoms with Crippen LogP contribution in [0.5, 0.6) is 0 Å². The molecule has 0 saturated carbocycles. The van der Waals surface area contributed by atoms with Crippen LogP contribution in [0.15, 0.2) is 24.3 Å². The van der Waals surface area contributed by atoms with Crippen LogP contribution in [-0.2, 0) is 16.0 Å². The molecule has 2 rings (SSSR count). The maximum absolute atomic E-state index is 12.0. The first-order chi connectivity index (χ1) is 9.60. The molecule has 1 aromatic carbocycles. The number of carbonyl (C=O) groups is 2. The lowest BCUT2D eigenvalue weighted by molar-refractivity contribution is -0.139. The van der Waals surface area contributed by atoms with Gasteiger partial charge in [0.2, 0.25) is 5.13 Å². The Hall–Kier alpha value is -1.99. The number of halogens is 1. The van der Waals surface area contributed by atoms with Crippen LogP contribution in [0, 0.1) is 0 Å². The van der Waals surface area contributed by atoms with Crippen molar-refractivity contribution < 1.29 is 14.3 Å². The summed E-state index contributed by atoms with van der Waals surface area (Å²) < 4.78 is 4.52. The van der Waals surface area contributed by atoms with E-state index in [9.17, 15) is 9.59 Å². The molecule has 1 N–H and O–H groups in total. The Morgan fingerprint density at radius 2 is 2.10 bits per heavy atom. The molecule has 1 aromatic heterocycles. The van der Waals surface area contributed by atoms with Crippen LogP contribution in [0.1, 0.15) is 15.4 Å². The number of hydrogen-bond donors (Lipinski definition) is 1. The van der Waals surface area contributed by atoms with Crippen LogP contribution in [0.4, 0.5) is 5.13 Å². The van der Waals surface area contributed by atoms with Crippen molar-refractivity contribution in [2.75, 3.05) is 12.4 Å². The Labute approximate surface area is 123 Å². The number of anilines is 1. The molecule has 1 amide bonds. The van der Waals surface area contributed by atoms with Gasteiger partial charge in [-0.1, -0.05) is 35.1 Å². The van der Waals surface area contributed by atoms with E-state index in [4.69, 9.17) is 11.6 Å². The Morgan fingerprint density at radius 3 is 2.80 bits per heavy atom. The van der Waals surface area contributed by atoms with Gasteiger partial charge in [-0.3, -0.25) is 14.9 Å². The van der Waals surface area contributed by atoms with Gasteiger partial charge in [0.25, 0.3) is 5.91 Å². The van der Waals surface area contributed by atoms with Gasteiger partial charge in [0, 0.05) is 0 Å². The average Bonchev–Trinajstić information content (AvgIpc) is 2.86. The van der Waals surface area contributed by atoms with Gasteiger partial charge < -0.3 is 4.74 Å². The van der Waals surface area contributed by atoms with E-state index in [-0.39, 0.29) is 12.3 Å². The van der Waals surface area contributed by atoms with Gasteiger partial charge in [-0.2, -0.15) is 0 Å². The fourth-order valence-electron chi connectivity index (χ4n) is 1.38. The van der Waals surface area contributed by atoms with E-state index in [1.807, 2.05) is 0 Å². The van der Waals surface area contributed by atoms with E-state index >= 15 is 0 Å². The van der Waals surface area contributed by atoms with Crippen molar-refractivity contribution in [3.8, 4) is 0 Å². The van der Waals surface area contributed by atoms with Crippen molar-refractivity contribution in [2.45, 2.75) is 6.42 Å². The summed E-state index contributed by atoms with van der Waals surface area (Å²) in [5, 5.41) is 11.3. The summed E-state index contributed by atoms with van der Waals surface area (Å²) in [5.41, 5.74) is 0.346. The molecular formula is C12H10ClN3O3S. The third kappa shape index (κ3) is 3.52. The van der Waals surface area contributed by atoms with E-state index in [0.29, 0.717) is 20.7 Å². The standard InChI is InChI=1S/C12H10ClN3O3S/c1-19-10(17)6-9-15-16-12(20-9)14-11(18)7-4-2-3-5-8(7)13/h2-5H,6H2,1H3,(H,14,16,18). The molecule has 1 heterocycles. The lowest BCUT2D eigenvalue weighted by atomic mass is 10.2. The van der Waals surface area contributed by atoms with Gasteiger partial charge in [-0.05, 0) is 12.1 Å². The van der Waals surface area contributed by atoms with E-state index in [0.717, 1.165) is 11.3 Å². The SMILES string of the molecule is COC(=O)Cc1nnc(NC(=O)c2ccccc2Cl)s1. The van der Waals surface area contributed by atoms with Crippen molar-refractivity contribution in [3.63, 3.8) is 0 Å². The number of aromatic nitrogens is 2. The molecule has 0 aliphatic carbocycles. The van der Waals surface area contributed by atoms with Gasteiger partial charge in [0.15, 0.2) is 0 Å². The van der Waals surface area contributed by atoms with Crippen molar-refractivity contribution in [2.24, 2.45) is 0 Å². The number of esters is 1. The predicted octanol–water partition coefficient (Wildman–Crippen LogP) is 2.16. The van der Waals surface area contributed by atoms with Crippen molar-refractivity contribution >= 4 is 39.9 Å². The number of carbonyl (C=O) groups excluding carboxylic acids is 2. The lowest BCUT2D eigenvalue weighted by Crippen LogP contribution is -2.12. The number of methoxy groups -OCH3 is 1. The van der Waals surface area contributed by atoms with E-state index < -0.39 is 5.97 Å². The highest BCUT2D eigenvalue weighted by molar-refractivity contribution is 7.15. The van der Waals surface area contributed by atoms with Crippen LogP contribution >= 0.6 is 22.9 Å². The minimum atomic E-state index is -0.412.